The van der Waals surface area contributed by atoms with Crippen LogP contribution in [-0.4, -0.2) is 42.6 Å². The van der Waals surface area contributed by atoms with Gasteiger partial charge in [-0.1, -0.05) is 12.8 Å². The molecule has 1 aliphatic rings. The van der Waals surface area contributed by atoms with Gasteiger partial charge in [0, 0.05) is 32.1 Å². The van der Waals surface area contributed by atoms with E-state index in [-0.39, 0.29) is 5.60 Å². The molecule has 0 aromatic rings. The number of methoxy groups -OCH3 is 1. The molecule has 16 heavy (non-hydrogen) atoms. The largest absolute Gasteiger partial charge is 0.379 e. The number of nitrogens with zero attached hydrogens (tertiary/aromatic N) is 1. The summed E-state index contributed by atoms with van der Waals surface area (Å²) in [6.45, 7) is 6.44. The zero-order valence-electron chi connectivity index (χ0n) is 11.0. The Balaban J connectivity index is 2.38. The molecule has 0 aromatic heterocycles. The SMILES string of the molecule is COC(C)(C)CCN(CCCl)C1CCCC1. The van der Waals surface area contributed by atoms with Gasteiger partial charge in [0.15, 0.2) is 0 Å². The minimum absolute atomic E-state index is 0.0107. The highest BCUT2D eigenvalue weighted by atomic mass is 35.5. The summed E-state index contributed by atoms with van der Waals surface area (Å²) in [5.74, 6) is 0.740. The molecule has 0 bridgehead atoms. The van der Waals surface area contributed by atoms with Crippen LogP contribution >= 0.6 is 11.6 Å². The number of hydrogen-bond donors (Lipinski definition) is 0. The van der Waals surface area contributed by atoms with Crippen LogP contribution in [0.1, 0.15) is 46.0 Å². The van der Waals surface area contributed by atoms with Gasteiger partial charge in [0.2, 0.25) is 0 Å². The van der Waals surface area contributed by atoms with Crippen molar-refractivity contribution in [1.29, 1.82) is 0 Å². The molecule has 0 aliphatic heterocycles. The first-order chi connectivity index (χ1) is 7.59. The summed E-state index contributed by atoms with van der Waals surface area (Å²) in [6.07, 6.45) is 6.56. The summed E-state index contributed by atoms with van der Waals surface area (Å²) < 4.78 is 5.47. The summed E-state index contributed by atoms with van der Waals surface area (Å²) >= 11 is 5.89. The van der Waals surface area contributed by atoms with Crippen LogP contribution in [0.25, 0.3) is 0 Å². The van der Waals surface area contributed by atoms with Gasteiger partial charge in [-0.15, -0.1) is 11.6 Å². The fourth-order valence-corrected chi connectivity index (χ4v) is 2.59. The van der Waals surface area contributed by atoms with Gasteiger partial charge in [-0.25, -0.2) is 0 Å². The smallest absolute Gasteiger partial charge is 0.0634 e. The van der Waals surface area contributed by atoms with Gasteiger partial charge in [0.05, 0.1) is 5.60 Å². The highest BCUT2D eigenvalue weighted by Crippen LogP contribution is 2.25. The summed E-state index contributed by atoms with van der Waals surface area (Å²) in [6, 6.07) is 0.770. The minimum Gasteiger partial charge on any atom is -0.379 e. The first-order valence-corrected chi connectivity index (χ1v) is 6.97. The van der Waals surface area contributed by atoms with Crippen molar-refractivity contribution in [3.05, 3.63) is 0 Å². The zero-order chi connectivity index (χ0) is 12.0. The molecule has 0 radical (unpaired) electrons. The van der Waals surface area contributed by atoms with E-state index in [1.807, 2.05) is 0 Å². The fraction of sp³-hybridized carbons (Fsp3) is 1.00. The fourth-order valence-electron chi connectivity index (χ4n) is 2.37. The Morgan fingerprint density at radius 1 is 1.25 bits per heavy atom. The van der Waals surface area contributed by atoms with Crippen LogP contribution in [0.15, 0.2) is 0 Å². The lowest BCUT2D eigenvalue weighted by Crippen LogP contribution is -2.39. The van der Waals surface area contributed by atoms with E-state index in [1.165, 1.54) is 25.7 Å². The number of alkyl halides is 1. The number of ether oxygens (including phenoxy) is 1. The van der Waals surface area contributed by atoms with Gasteiger partial charge in [-0.05, 0) is 33.1 Å². The molecule has 1 aliphatic carbocycles. The van der Waals surface area contributed by atoms with Crippen LogP contribution in [0.4, 0.5) is 0 Å². The molecule has 0 unspecified atom stereocenters. The van der Waals surface area contributed by atoms with E-state index in [2.05, 4.69) is 18.7 Å². The van der Waals surface area contributed by atoms with Crippen LogP contribution in [-0.2, 0) is 4.74 Å². The van der Waals surface area contributed by atoms with E-state index in [0.29, 0.717) is 0 Å². The Hall–Kier alpha value is 0.210. The molecule has 1 saturated carbocycles. The van der Waals surface area contributed by atoms with Crippen molar-refractivity contribution in [3.63, 3.8) is 0 Å². The van der Waals surface area contributed by atoms with Crippen molar-refractivity contribution in [2.75, 3.05) is 26.1 Å². The second-order valence-electron chi connectivity index (χ2n) is 5.38. The highest BCUT2D eigenvalue weighted by molar-refractivity contribution is 6.18. The second kappa shape index (κ2) is 6.83. The van der Waals surface area contributed by atoms with E-state index in [1.54, 1.807) is 7.11 Å². The molecule has 0 N–H and O–H groups in total. The Bertz CT molecular complexity index is 190. The van der Waals surface area contributed by atoms with Crippen molar-refractivity contribution in [2.45, 2.75) is 57.6 Å². The normalized spacial score (nSPS) is 18.6. The molecule has 0 spiro atoms. The monoisotopic (exact) mass is 247 g/mol. The van der Waals surface area contributed by atoms with Crippen LogP contribution in [0.3, 0.4) is 0 Å². The third-order valence-corrected chi connectivity index (χ3v) is 3.94. The van der Waals surface area contributed by atoms with Crippen LogP contribution in [0.2, 0.25) is 0 Å². The standard InChI is InChI=1S/C13H26ClNO/c1-13(2,16-3)8-10-15(11-9-14)12-6-4-5-7-12/h12H,4-11H2,1-3H3. The minimum atomic E-state index is -0.0107. The van der Waals surface area contributed by atoms with Gasteiger partial charge in [0.1, 0.15) is 0 Å². The first kappa shape index (κ1) is 14.3. The van der Waals surface area contributed by atoms with Crippen molar-refractivity contribution in [2.24, 2.45) is 0 Å². The maximum atomic E-state index is 5.89. The van der Waals surface area contributed by atoms with Crippen molar-refractivity contribution < 1.29 is 4.74 Å². The van der Waals surface area contributed by atoms with Gasteiger partial charge in [-0.2, -0.15) is 0 Å². The second-order valence-corrected chi connectivity index (χ2v) is 5.76. The third-order valence-electron chi connectivity index (χ3n) is 3.77. The first-order valence-electron chi connectivity index (χ1n) is 6.44. The third kappa shape index (κ3) is 4.60. The van der Waals surface area contributed by atoms with Crippen molar-refractivity contribution >= 4 is 11.6 Å². The lowest BCUT2D eigenvalue weighted by molar-refractivity contribution is 0.00463. The lowest BCUT2D eigenvalue weighted by atomic mass is 10.0. The average Bonchev–Trinajstić information content (AvgIpc) is 2.77. The predicted molar refractivity (Wildman–Crippen MR) is 70.3 cm³/mol. The number of halogens is 1. The van der Waals surface area contributed by atoms with E-state index in [4.69, 9.17) is 16.3 Å². The molecule has 96 valence electrons. The molecule has 2 nitrogen and oxygen atoms in total. The van der Waals surface area contributed by atoms with E-state index >= 15 is 0 Å². The van der Waals surface area contributed by atoms with Gasteiger partial charge < -0.3 is 4.74 Å². The van der Waals surface area contributed by atoms with Crippen molar-refractivity contribution in [3.8, 4) is 0 Å². The molecule has 3 heteroatoms. The lowest BCUT2D eigenvalue weighted by Gasteiger charge is -2.32. The van der Waals surface area contributed by atoms with Gasteiger partial charge >= 0.3 is 0 Å². The van der Waals surface area contributed by atoms with Gasteiger partial charge in [0.25, 0.3) is 0 Å². The maximum Gasteiger partial charge on any atom is 0.0634 e. The average molecular weight is 248 g/mol. The molecule has 0 heterocycles. The summed E-state index contributed by atoms with van der Waals surface area (Å²) in [7, 11) is 1.79. The molecule has 0 aromatic carbocycles. The molecular formula is C13H26ClNO. The summed E-state index contributed by atoms with van der Waals surface area (Å²) in [5.41, 5.74) is -0.0107. The number of hydrogen-bond acceptors (Lipinski definition) is 2. The Kier molecular flexibility index (Phi) is 6.09. The van der Waals surface area contributed by atoms with Crippen LogP contribution < -0.4 is 0 Å². The highest BCUT2D eigenvalue weighted by Gasteiger charge is 2.24. The van der Waals surface area contributed by atoms with Crippen LogP contribution in [0, 0.1) is 0 Å². The van der Waals surface area contributed by atoms with Crippen LogP contribution in [0.5, 0.6) is 0 Å². The number of rotatable bonds is 7. The quantitative estimate of drug-likeness (QED) is 0.641. The topological polar surface area (TPSA) is 12.5 Å². The molecule has 1 rings (SSSR count). The van der Waals surface area contributed by atoms with E-state index in [9.17, 15) is 0 Å². The molecular weight excluding hydrogens is 222 g/mol. The zero-order valence-corrected chi connectivity index (χ0v) is 11.7. The predicted octanol–water partition coefficient (Wildman–Crippen LogP) is 3.28. The Morgan fingerprint density at radius 3 is 2.38 bits per heavy atom. The Morgan fingerprint density at radius 2 is 1.88 bits per heavy atom. The summed E-state index contributed by atoms with van der Waals surface area (Å²) in [5, 5.41) is 0. The molecule has 0 amide bonds. The molecule has 0 saturated heterocycles. The molecule has 1 fully saturated rings. The maximum absolute atomic E-state index is 5.89. The molecule has 0 atom stereocenters. The van der Waals surface area contributed by atoms with Crippen molar-refractivity contribution in [1.82, 2.24) is 4.90 Å². The van der Waals surface area contributed by atoms with E-state index in [0.717, 1.165) is 31.4 Å². The Labute approximate surface area is 105 Å². The van der Waals surface area contributed by atoms with E-state index < -0.39 is 0 Å². The summed E-state index contributed by atoms with van der Waals surface area (Å²) in [4.78, 5) is 2.56. The van der Waals surface area contributed by atoms with Gasteiger partial charge in [-0.3, -0.25) is 4.90 Å².